The molecule has 0 spiro atoms. The summed E-state index contributed by atoms with van der Waals surface area (Å²) in [5, 5.41) is 0.0276. The third-order valence-corrected chi connectivity index (χ3v) is 2.60. The number of carbonyl (C=O) groups excluding carboxylic acids is 3. The third-order valence-electron chi connectivity index (χ3n) is 2.60. The number of rotatable bonds is 4. The topological polar surface area (TPSA) is 87.7 Å². The van der Waals surface area contributed by atoms with E-state index < -0.39 is 35.7 Å². The molecule has 0 aromatic heterocycles. The van der Waals surface area contributed by atoms with Crippen LogP contribution in [-0.4, -0.2) is 43.1 Å². The second-order valence-electron chi connectivity index (χ2n) is 4.09. The number of hydrazine groups is 1. The van der Waals surface area contributed by atoms with Crippen molar-refractivity contribution in [2.24, 2.45) is 11.8 Å². The van der Waals surface area contributed by atoms with Gasteiger partial charge in [0.05, 0.1) is 7.11 Å². The van der Waals surface area contributed by atoms with E-state index in [4.69, 9.17) is 0 Å². The molecule has 0 bridgehead atoms. The molecule has 0 radical (unpaired) electrons. The van der Waals surface area contributed by atoms with Crippen molar-refractivity contribution in [3.8, 4) is 0 Å². The van der Waals surface area contributed by atoms with Crippen LogP contribution in [0.4, 0.5) is 13.2 Å². The molecule has 0 fully saturated rings. The summed E-state index contributed by atoms with van der Waals surface area (Å²) in [5.74, 6) is -5.55. The summed E-state index contributed by atoms with van der Waals surface area (Å²) in [5.41, 5.74) is 3.77. The smallest absolute Gasteiger partial charge is 0.277 e. The van der Waals surface area contributed by atoms with Crippen LogP contribution in [0.15, 0.2) is 0 Å². The Labute approximate surface area is 113 Å². The number of hydrogen-bond donors (Lipinski definition) is 2. The molecule has 0 aliphatic heterocycles. The van der Waals surface area contributed by atoms with Crippen molar-refractivity contribution in [1.82, 2.24) is 15.9 Å². The van der Waals surface area contributed by atoms with E-state index in [1.165, 1.54) is 21.0 Å². The van der Waals surface area contributed by atoms with Gasteiger partial charge in [-0.15, -0.1) is 0 Å². The number of hydroxylamine groups is 1. The molecule has 2 N–H and O–H groups in total. The molecule has 0 saturated heterocycles. The lowest BCUT2D eigenvalue weighted by Gasteiger charge is -2.23. The monoisotopic (exact) mass is 299 g/mol. The van der Waals surface area contributed by atoms with Crippen molar-refractivity contribution in [2.75, 3.05) is 14.2 Å². The molecule has 0 rings (SSSR count). The molecular weight excluding hydrogens is 283 g/mol. The first kappa shape index (κ1) is 18.2. The Morgan fingerprint density at radius 3 is 1.95 bits per heavy atom. The van der Waals surface area contributed by atoms with Crippen LogP contribution < -0.4 is 10.9 Å². The van der Waals surface area contributed by atoms with Gasteiger partial charge < -0.3 is 0 Å². The van der Waals surface area contributed by atoms with E-state index in [-0.39, 0.29) is 5.01 Å². The molecule has 0 heterocycles. The molecule has 0 aromatic rings. The van der Waals surface area contributed by atoms with Crippen molar-refractivity contribution >= 4 is 17.7 Å². The number of halogens is 3. The van der Waals surface area contributed by atoms with E-state index in [0.717, 1.165) is 7.05 Å². The zero-order valence-electron chi connectivity index (χ0n) is 11.4. The zero-order valence-corrected chi connectivity index (χ0v) is 11.4. The van der Waals surface area contributed by atoms with E-state index in [9.17, 15) is 27.6 Å². The Morgan fingerprint density at radius 2 is 1.55 bits per heavy atom. The Kier molecular flexibility index (Phi) is 6.43. The lowest BCUT2D eigenvalue weighted by molar-refractivity contribution is -0.188. The molecule has 2 atom stereocenters. The first-order chi connectivity index (χ1) is 9.02. The van der Waals surface area contributed by atoms with Gasteiger partial charge in [-0.05, 0) is 0 Å². The number of nitrogens with zero attached hydrogens (tertiary/aromatic N) is 1. The van der Waals surface area contributed by atoms with Crippen LogP contribution >= 0.6 is 0 Å². The van der Waals surface area contributed by atoms with Crippen molar-refractivity contribution in [3.05, 3.63) is 0 Å². The van der Waals surface area contributed by atoms with Crippen LogP contribution in [0.1, 0.15) is 13.8 Å². The highest BCUT2D eigenvalue weighted by atomic mass is 19.4. The van der Waals surface area contributed by atoms with Gasteiger partial charge >= 0.3 is 12.1 Å². The Hall–Kier alpha value is -1.84. The maximum atomic E-state index is 12.1. The largest absolute Gasteiger partial charge is 0.473 e. The second kappa shape index (κ2) is 7.08. The van der Waals surface area contributed by atoms with E-state index in [1.807, 2.05) is 5.48 Å². The molecule has 0 aromatic carbocycles. The summed E-state index contributed by atoms with van der Waals surface area (Å²) in [7, 11) is 1.96. The predicted octanol–water partition coefficient (Wildman–Crippen LogP) is -0.0119. The summed E-state index contributed by atoms with van der Waals surface area (Å²) in [6.45, 7) is 2.73. The van der Waals surface area contributed by atoms with Gasteiger partial charge in [-0.1, -0.05) is 13.8 Å². The van der Waals surface area contributed by atoms with Gasteiger partial charge in [0.2, 0.25) is 11.8 Å². The van der Waals surface area contributed by atoms with Crippen LogP contribution in [0.3, 0.4) is 0 Å². The number of alkyl halides is 3. The standard InChI is InChI=1S/C10H16F3N3O4/c1-5(6(2)8(18)15-20-4)7(17)14-16(3)9(19)10(11,12)13/h5-6H,1-4H3,(H,14,17)(H,15,18). The number of amides is 3. The second-order valence-corrected chi connectivity index (χ2v) is 4.09. The fourth-order valence-corrected chi connectivity index (χ4v) is 1.16. The highest BCUT2D eigenvalue weighted by molar-refractivity contribution is 5.89. The lowest BCUT2D eigenvalue weighted by atomic mass is 9.95. The maximum Gasteiger partial charge on any atom is 0.473 e. The zero-order chi connectivity index (χ0) is 16.1. The molecule has 0 saturated carbocycles. The molecule has 20 heavy (non-hydrogen) atoms. The Balaban J connectivity index is 4.61. The number of carbonyl (C=O) groups is 3. The number of hydrogen-bond acceptors (Lipinski definition) is 4. The highest BCUT2D eigenvalue weighted by Gasteiger charge is 2.42. The summed E-state index contributed by atoms with van der Waals surface area (Å²) in [4.78, 5) is 38.2. The molecule has 116 valence electrons. The van der Waals surface area contributed by atoms with E-state index in [2.05, 4.69) is 4.84 Å². The molecule has 0 aliphatic carbocycles. The van der Waals surface area contributed by atoms with Gasteiger partial charge in [0.15, 0.2) is 0 Å². The van der Waals surface area contributed by atoms with Crippen molar-refractivity contribution in [3.63, 3.8) is 0 Å². The molecule has 7 nitrogen and oxygen atoms in total. The fraction of sp³-hybridized carbons (Fsp3) is 0.700. The van der Waals surface area contributed by atoms with Crippen LogP contribution in [-0.2, 0) is 19.2 Å². The molecule has 0 aliphatic rings. The van der Waals surface area contributed by atoms with Crippen molar-refractivity contribution in [2.45, 2.75) is 20.0 Å². The third kappa shape index (κ3) is 5.03. The maximum absolute atomic E-state index is 12.1. The van der Waals surface area contributed by atoms with Gasteiger partial charge in [0, 0.05) is 18.9 Å². The SMILES string of the molecule is CONC(=O)C(C)C(C)C(=O)NN(C)C(=O)C(F)(F)F. The van der Waals surface area contributed by atoms with Gasteiger partial charge in [-0.3, -0.25) is 24.6 Å². The van der Waals surface area contributed by atoms with E-state index in [0.29, 0.717) is 0 Å². The normalized spacial score (nSPS) is 14.2. The van der Waals surface area contributed by atoms with Gasteiger partial charge in [-0.2, -0.15) is 13.2 Å². The molecule has 2 unspecified atom stereocenters. The minimum Gasteiger partial charge on any atom is -0.277 e. The van der Waals surface area contributed by atoms with Crippen molar-refractivity contribution < 1.29 is 32.4 Å². The molecule has 10 heteroatoms. The molecule has 3 amide bonds. The Bertz CT molecular complexity index is 386. The average molecular weight is 299 g/mol. The highest BCUT2D eigenvalue weighted by Crippen LogP contribution is 2.17. The minimum absolute atomic E-state index is 0.0276. The number of nitrogens with one attached hydrogen (secondary N) is 2. The van der Waals surface area contributed by atoms with Crippen LogP contribution in [0, 0.1) is 11.8 Å². The van der Waals surface area contributed by atoms with Crippen LogP contribution in [0.2, 0.25) is 0 Å². The minimum atomic E-state index is -5.09. The summed E-state index contributed by atoms with van der Waals surface area (Å²) in [6.07, 6.45) is -5.09. The first-order valence-electron chi connectivity index (χ1n) is 5.50. The summed E-state index contributed by atoms with van der Waals surface area (Å²) < 4.78 is 36.3. The van der Waals surface area contributed by atoms with E-state index in [1.54, 1.807) is 5.43 Å². The van der Waals surface area contributed by atoms with E-state index >= 15 is 0 Å². The van der Waals surface area contributed by atoms with Gasteiger partial charge in [0.1, 0.15) is 0 Å². The average Bonchev–Trinajstić information content (AvgIpc) is 2.34. The first-order valence-corrected chi connectivity index (χ1v) is 5.50. The van der Waals surface area contributed by atoms with Crippen LogP contribution in [0.25, 0.3) is 0 Å². The summed E-state index contributed by atoms with van der Waals surface area (Å²) >= 11 is 0. The fourth-order valence-electron chi connectivity index (χ4n) is 1.16. The molecular formula is C10H16F3N3O4. The predicted molar refractivity (Wildman–Crippen MR) is 60.4 cm³/mol. The van der Waals surface area contributed by atoms with Crippen LogP contribution in [0.5, 0.6) is 0 Å². The Morgan fingerprint density at radius 1 is 1.10 bits per heavy atom. The quantitative estimate of drug-likeness (QED) is 0.715. The lowest BCUT2D eigenvalue weighted by Crippen LogP contribution is -2.51. The van der Waals surface area contributed by atoms with Gasteiger partial charge in [0.25, 0.3) is 0 Å². The van der Waals surface area contributed by atoms with Gasteiger partial charge in [-0.25, -0.2) is 10.5 Å². The van der Waals surface area contributed by atoms with Crippen molar-refractivity contribution in [1.29, 1.82) is 0 Å². The summed E-state index contributed by atoms with van der Waals surface area (Å²) in [6, 6.07) is 0.